The number of aliphatic carboxylic acids is 1. The Kier molecular flexibility index (Phi) is 4.17. The zero-order chi connectivity index (χ0) is 9.68. The fourth-order valence-corrected chi connectivity index (χ4v) is 2.44. The van der Waals surface area contributed by atoms with Crippen LogP contribution in [0.4, 0.5) is 0 Å². The molecule has 0 aliphatic carbocycles. The van der Waals surface area contributed by atoms with Crippen LogP contribution >= 0.6 is 23.3 Å². The second kappa shape index (κ2) is 5.18. The molecule has 0 aliphatic rings. The summed E-state index contributed by atoms with van der Waals surface area (Å²) in [6.45, 7) is 2.04. The van der Waals surface area contributed by atoms with Crippen molar-refractivity contribution in [1.82, 2.24) is 9.59 Å². The van der Waals surface area contributed by atoms with Gasteiger partial charge in [-0.2, -0.15) is 0 Å². The molecule has 0 amide bonds. The largest absolute Gasteiger partial charge is 0.481 e. The minimum atomic E-state index is -0.770. The Morgan fingerprint density at radius 2 is 2.46 bits per heavy atom. The van der Waals surface area contributed by atoms with Gasteiger partial charge in [0.15, 0.2) is 0 Å². The maximum Gasteiger partial charge on any atom is 0.304 e. The van der Waals surface area contributed by atoms with Crippen LogP contribution in [0.3, 0.4) is 0 Å². The molecule has 1 rings (SSSR count). The highest BCUT2D eigenvalue weighted by molar-refractivity contribution is 7.99. The van der Waals surface area contributed by atoms with E-state index in [9.17, 15) is 4.79 Å². The van der Waals surface area contributed by atoms with E-state index in [1.165, 1.54) is 23.3 Å². The summed E-state index contributed by atoms with van der Waals surface area (Å²) >= 11 is 2.84. The van der Waals surface area contributed by atoms with E-state index < -0.39 is 5.97 Å². The fourth-order valence-electron chi connectivity index (χ4n) is 0.762. The average Bonchev–Trinajstić information content (AvgIpc) is 2.51. The molecule has 0 unspecified atom stereocenters. The molecule has 1 N–H and O–H groups in total. The van der Waals surface area contributed by atoms with Gasteiger partial charge in [0.2, 0.25) is 0 Å². The molecule has 4 nitrogen and oxygen atoms in total. The number of aryl methyl sites for hydroxylation is 1. The molecule has 0 aliphatic heterocycles. The van der Waals surface area contributed by atoms with Crippen molar-refractivity contribution in [3.05, 3.63) is 4.88 Å². The maximum atomic E-state index is 10.2. The van der Waals surface area contributed by atoms with Gasteiger partial charge in [-0.05, 0) is 18.0 Å². The van der Waals surface area contributed by atoms with Crippen LogP contribution in [0, 0.1) is 0 Å². The van der Waals surface area contributed by atoms with Gasteiger partial charge in [0.1, 0.15) is 5.03 Å². The molecule has 1 aromatic heterocycles. The Balaban J connectivity index is 2.40. The number of hydrogen-bond donors (Lipinski definition) is 1. The fraction of sp³-hybridized carbons (Fsp3) is 0.571. The highest BCUT2D eigenvalue weighted by atomic mass is 32.2. The minimum absolute atomic E-state index is 0.172. The number of nitrogens with zero attached hydrogens (tertiary/aromatic N) is 2. The molecule has 0 fully saturated rings. The van der Waals surface area contributed by atoms with E-state index in [0.717, 1.165) is 16.3 Å². The number of hydrogen-bond acceptors (Lipinski definition) is 5. The van der Waals surface area contributed by atoms with Crippen LogP contribution in [0.2, 0.25) is 0 Å². The Morgan fingerprint density at radius 1 is 1.69 bits per heavy atom. The van der Waals surface area contributed by atoms with Crippen LogP contribution in [0.1, 0.15) is 18.2 Å². The van der Waals surface area contributed by atoms with Gasteiger partial charge < -0.3 is 5.11 Å². The van der Waals surface area contributed by atoms with Crippen LogP contribution in [0.25, 0.3) is 0 Å². The van der Waals surface area contributed by atoms with Crippen molar-refractivity contribution >= 4 is 29.3 Å². The van der Waals surface area contributed by atoms with Crippen molar-refractivity contribution in [3.63, 3.8) is 0 Å². The smallest absolute Gasteiger partial charge is 0.304 e. The predicted octanol–water partition coefficient (Wildman–Crippen LogP) is 1.67. The summed E-state index contributed by atoms with van der Waals surface area (Å²) in [5.74, 6) is -0.206. The van der Waals surface area contributed by atoms with E-state index in [-0.39, 0.29) is 6.42 Å². The van der Waals surface area contributed by atoms with Gasteiger partial charge in [-0.3, -0.25) is 4.79 Å². The minimum Gasteiger partial charge on any atom is -0.481 e. The van der Waals surface area contributed by atoms with E-state index >= 15 is 0 Å². The molecule has 0 aromatic carbocycles. The number of carboxylic acid groups (broad SMARTS) is 1. The monoisotopic (exact) mass is 218 g/mol. The molecular formula is C7H10N2O2S2. The van der Waals surface area contributed by atoms with Crippen molar-refractivity contribution < 1.29 is 9.90 Å². The molecular weight excluding hydrogens is 208 g/mol. The molecule has 0 saturated heterocycles. The lowest BCUT2D eigenvalue weighted by Crippen LogP contribution is -1.96. The van der Waals surface area contributed by atoms with Gasteiger partial charge in [-0.1, -0.05) is 11.4 Å². The molecule has 13 heavy (non-hydrogen) atoms. The van der Waals surface area contributed by atoms with E-state index in [0.29, 0.717) is 5.75 Å². The Morgan fingerprint density at radius 3 is 3.08 bits per heavy atom. The lowest BCUT2D eigenvalue weighted by Gasteiger charge is -1.95. The summed E-state index contributed by atoms with van der Waals surface area (Å²) in [6.07, 6.45) is 1.08. The van der Waals surface area contributed by atoms with Crippen LogP contribution < -0.4 is 0 Å². The zero-order valence-electron chi connectivity index (χ0n) is 7.19. The van der Waals surface area contributed by atoms with Crippen LogP contribution in [-0.2, 0) is 11.2 Å². The Hall–Kier alpha value is -0.620. The molecule has 0 atom stereocenters. The first-order chi connectivity index (χ1) is 6.24. The van der Waals surface area contributed by atoms with Crippen molar-refractivity contribution in [2.75, 3.05) is 5.75 Å². The van der Waals surface area contributed by atoms with E-state index in [1.54, 1.807) is 0 Å². The third-order valence-corrected chi connectivity index (χ3v) is 3.40. The Bertz CT molecular complexity index is 288. The normalized spacial score (nSPS) is 10.2. The number of carboxylic acids is 1. The number of rotatable bonds is 5. The lowest BCUT2D eigenvalue weighted by atomic mass is 10.4. The van der Waals surface area contributed by atoms with Gasteiger partial charge in [-0.15, -0.1) is 16.9 Å². The van der Waals surface area contributed by atoms with Crippen molar-refractivity contribution in [3.8, 4) is 0 Å². The van der Waals surface area contributed by atoms with E-state index in [1.807, 2.05) is 6.92 Å². The lowest BCUT2D eigenvalue weighted by molar-refractivity contribution is -0.136. The predicted molar refractivity (Wildman–Crippen MR) is 52.3 cm³/mol. The topological polar surface area (TPSA) is 63.1 Å². The van der Waals surface area contributed by atoms with Gasteiger partial charge in [0.05, 0.1) is 11.3 Å². The molecule has 72 valence electrons. The number of thioether (sulfide) groups is 1. The molecule has 1 aromatic rings. The number of carbonyl (C=O) groups is 1. The molecule has 0 bridgehead atoms. The highest BCUT2D eigenvalue weighted by Crippen LogP contribution is 2.23. The van der Waals surface area contributed by atoms with Gasteiger partial charge in [-0.25, -0.2) is 0 Å². The first-order valence-corrected chi connectivity index (χ1v) is 5.65. The van der Waals surface area contributed by atoms with Gasteiger partial charge in [0.25, 0.3) is 0 Å². The summed E-state index contributed by atoms with van der Waals surface area (Å²) in [6, 6.07) is 0. The summed E-state index contributed by atoms with van der Waals surface area (Å²) in [5, 5.41) is 13.2. The summed E-state index contributed by atoms with van der Waals surface area (Å²) in [5.41, 5.74) is 0. The zero-order valence-corrected chi connectivity index (χ0v) is 8.82. The van der Waals surface area contributed by atoms with Gasteiger partial charge in [0, 0.05) is 5.75 Å². The standard InChI is InChI=1S/C7H10N2O2S2/c1-2-5-7(8-9-13-5)12-4-3-6(10)11/h2-4H2,1H3,(H,10,11). The van der Waals surface area contributed by atoms with Crippen LogP contribution in [0.5, 0.6) is 0 Å². The molecule has 0 radical (unpaired) electrons. The van der Waals surface area contributed by atoms with E-state index in [4.69, 9.17) is 5.11 Å². The second-order valence-electron chi connectivity index (χ2n) is 2.35. The maximum absolute atomic E-state index is 10.2. The molecule has 6 heteroatoms. The van der Waals surface area contributed by atoms with Crippen LogP contribution in [0.15, 0.2) is 5.03 Å². The average molecular weight is 218 g/mol. The number of aromatic nitrogens is 2. The SMILES string of the molecule is CCc1snnc1SCCC(=O)O. The van der Waals surface area contributed by atoms with Crippen molar-refractivity contribution in [2.24, 2.45) is 0 Å². The summed E-state index contributed by atoms with van der Waals surface area (Å²) < 4.78 is 3.81. The first-order valence-electron chi connectivity index (χ1n) is 3.90. The van der Waals surface area contributed by atoms with E-state index in [2.05, 4.69) is 9.59 Å². The highest BCUT2D eigenvalue weighted by Gasteiger charge is 2.07. The Labute approximate surface area is 84.5 Å². The second-order valence-corrected chi connectivity index (χ2v) is 4.27. The molecule has 0 spiro atoms. The van der Waals surface area contributed by atoms with Crippen LogP contribution in [-0.4, -0.2) is 26.4 Å². The molecule has 1 heterocycles. The third kappa shape index (κ3) is 3.31. The van der Waals surface area contributed by atoms with Gasteiger partial charge >= 0.3 is 5.97 Å². The van der Waals surface area contributed by atoms with Crippen molar-refractivity contribution in [1.29, 1.82) is 0 Å². The molecule has 0 saturated carbocycles. The van der Waals surface area contributed by atoms with Crippen molar-refractivity contribution in [2.45, 2.75) is 24.8 Å². The third-order valence-electron chi connectivity index (χ3n) is 1.40. The first kappa shape index (κ1) is 10.5. The quantitative estimate of drug-likeness (QED) is 0.762. The summed E-state index contributed by atoms with van der Waals surface area (Å²) in [7, 11) is 0. The summed E-state index contributed by atoms with van der Waals surface area (Å²) in [4.78, 5) is 11.4.